The third-order valence-corrected chi connectivity index (χ3v) is 2.99. The summed E-state index contributed by atoms with van der Waals surface area (Å²) in [5, 5.41) is 10.1. The van der Waals surface area contributed by atoms with E-state index in [1.807, 2.05) is 0 Å². The molecule has 94 valence electrons. The van der Waals surface area contributed by atoms with Gasteiger partial charge in [0, 0.05) is 19.0 Å². The lowest BCUT2D eigenvalue weighted by atomic mass is 10.1. The number of ether oxygens (including phenoxy) is 2. The summed E-state index contributed by atoms with van der Waals surface area (Å²) >= 11 is 0. The van der Waals surface area contributed by atoms with E-state index in [1.54, 1.807) is 12.4 Å². The summed E-state index contributed by atoms with van der Waals surface area (Å²) in [4.78, 5) is 8.14. The quantitative estimate of drug-likeness (QED) is 0.841. The van der Waals surface area contributed by atoms with Crippen molar-refractivity contribution < 1.29 is 14.6 Å². The van der Waals surface area contributed by atoms with E-state index >= 15 is 0 Å². The Bertz CT molecular complexity index is 353. The molecule has 1 fully saturated rings. The molecule has 1 saturated heterocycles. The fourth-order valence-corrected chi connectivity index (χ4v) is 2.07. The summed E-state index contributed by atoms with van der Waals surface area (Å²) in [7, 11) is 1.53. The lowest BCUT2D eigenvalue weighted by Gasteiger charge is -2.14. The van der Waals surface area contributed by atoms with Crippen LogP contribution in [0.3, 0.4) is 0 Å². The minimum Gasteiger partial charge on any atom is -0.480 e. The minimum atomic E-state index is -0.636. The minimum absolute atomic E-state index is 0.285. The van der Waals surface area contributed by atoms with Gasteiger partial charge in [0.05, 0.1) is 13.2 Å². The van der Waals surface area contributed by atoms with Crippen LogP contribution in [0.5, 0.6) is 5.88 Å². The van der Waals surface area contributed by atoms with Gasteiger partial charge in [0.25, 0.3) is 0 Å². The second-order valence-electron chi connectivity index (χ2n) is 4.18. The van der Waals surface area contributed by atoms with Crippen molar-refractivity contribution in [1.82, 2.24) is 9.97 Å². The van der Waals surface area contributed by atoms with E-state index in [9.17, 15) is 5.11 Å². The van der Waals surface area contributed by atoms with Crippen LogP contribution in [0.2, 0.25) is 0 Å². The number of rotatable bonds is 5. The van der Waals surface area contributed by atoms with Crippen LogP contribution in [-0.4, -0.2) is 34.9 Å². The lowest BCUT2D eigenvalue weighted by Crippen LogP contribution is -2.10. The lowest BCUT2D eigenvalue weighted by molar-refractivity contribution is 0.0792. The molecule has 0 bridgehead atoms. The molecule has 0 aromatic carbocycles. The van der Waals surface area contributed by atoms with Crippen LogP contribution < -0.4 is 4.74 Å². The summed E-state index contributed by atoms with van der Waals surface area (Å²) in [6, 6.07) is 0. The summed E-state index contributed by atoms with van der Waals surface area (Å²) in [5.74, 6) is 0.396. The molecule has 1 aromatic rings. The standard InChI is InChI=1S/C12H18N2O3/c1-16-12-11(13-6-7-14-12)10(15)5-4-9-3-2-8-17-9/h6-7,9-10,15H,2-5,8H2,1H3. The zero-order valence-electron chi connectivity index (χ0n) is 10.0. The van der Waals surface area contributed by atoms with Crippen molar-refractivity contribution in [2.75, 3.05) is 13.7 Å². The Labute approximate surface area is 101 Å². The van der Waals surface area contributed by atoms with Crippen LogP contribution in [0.25, 0.3) is 0 Å². The number of nitrogens with zero attached hydrogens (tertiary/aromatic N) is 2. The normalized spacial score (nSPS) is 21.4. The number of aliphatic hydroxyl groups excluding tert-OH is 1. The molecule has 2 rings (SSSR count). The average molecular weight is 238 g/mol. The van der Waals surface area contributed by atoms with Crippen LogP contribution in [0, 0.1) is 0 Å². The van der Waals surface area contributed by atoms with Crippen LogP contribution in [0.1, 0.15) is 37.5 Å². The molecule has 5 heteroatoms. The Morgan fingerprint density at radius 2 is 2.35 bits per heavy atom. The van der Waals surface area contributed by atoms with Gasteiger partial charge in [-0.15, -0.1) is 0 Å². The molecule has 1 aliphatic rings. The largest absolute Gasteiger partial charge is 0.480 e. The first kappa shape index (κ1) is 12.3. The smallest absolute Gasteiger partial charge is 0.238 e. The van der Waals surface area contributed by atoms with Crippen molar-refractivity contribution in [3.8, 4) is 5.88 Å². The van der Waals surface area contributed by atoms with Crippen molar-refractivity contribution in [2.24, 2.45) is 0 Å². The fraction of sp³-hybridized carbons (Fsp3) is 0.667. The maximum atomic E-state index is 10.1. The van der Waals surface area contributed by atoms with Gasteiger partial charge in [0.2, 0.25) is 5.88 Å². The molecule has 1 aliphatic heterocycles. The first-order valence-electron chi connectivity index (χ1n) is 5.96. The van der Waals surface area contributed by atoms with Crippen LogP contribution >= 0.6 is 0 Å². The molecule has 17 heavy (non-hydrogen) atoms. The highest BCUT2D eigenvalue weighted by Crippen LogP contribution is 2.26. The molecule has 0 saturated carbocycles. The van der Waals surface area contributed by atoms with E-state index in [4.69, 9.17) is 9.47 Å². The van der Waals surface area contributed by atoms with Crippen LogP contribution in [-0.2, 0) is 4.74 Å². The Morgan fingerprint density at radius 1 is 1.53 bits per heavy atom. The van der Waals surface area contributed by atoms with Gasteiger partial charge in [-0.25, -0.2) is 4.98 Å². The average Bonchev–Trinajstić information content (AvgIpc) is 2.89. The van der Waals surface area contributed by atoms with E-state index < -0.39 is 6.10 Å². The van der Waals surface area contributed by atoms with Crippen LogP contribution in [0.15, 0.2) is 12.4 Å². The highest BCUT2D eigenvalue weighted by molar-refractivity contribution is 5.19. The fourth-order valence-electron chi connectivity index (χ4n) is 2.07. The van der Waals surface area contributed by atoms with Gasteiger partial charge in [0.15, 0.2) is 0 Å². The molecule has 1 aromatic heterocycles. The topological polar surface area (TPSA) is 64.5 Å². The highest BCUT2D eigenvalue weighted by atomic mass is 16.5. The van der Waals surface area contributed by atoms with Gasteiger partial charge in [-0.2, -0.15) is 0 Å². The Kier molecular flexibility index (Phi) is 4.28. The summed E-state index contributed by atoms with van der Waals surface area (Å²) in [6.07, 6.45) is 6.44. The van der Waals surface area contributed by atoms with Gasteiger partial charge in [-0.3, -0.25) is 4.98 Å². The van der Waals surface area contributed by atoms with Crippen molar-refractivity contribution >= 4 is 0 Å². The molecule has 0 spiro atoms. The molecule has 0 amide bonds. The predicted octanol–water partition coefficient (Wildman–Crippen LogP) is 1.48. The van der Waals surface area contributed by atoms with Gasteiger partial charge in [-0.1, -0.05) is 0 Å². The van der Waals surface area contributed by atoms with E-state index in [0.717, 1.165) is 25.9 Å². The molecule has 2 unspecified atom stereocenters. The predicted molar refractivity (Wildman–Crippen MR) is 61.8 cm³/mol. The SMILES string of the molecule is COc1nccnc1C(O)CCC1CCCO1. The number of aliphatic hydroxyl groups is 1. The number of aromatic nitrogens is 2. The Hall–Kier alpha value is -1.20. The number of hydrogen-bond acceptors (Lipinski definition) is 5. The molecule has 1 N–H and O–H groups in total. The Morgan fingerprint density at radius 3 is 3.06 bits per heavy atom. The number of methoxy groups -OCH3 is 1. The molecule has 2 heterocycles. The molecule has 0 aliphatic carbocycles. The Balaban J connectivity index is 1.91. The molecule has 5 nitrogen and oxygen atoms in total. The van der Waals surface area contributed by atoms with E-state index in [0.29, 0.717) is 18.0 Å². The van der Waals surface area contributed by atoms with Crippen molar-refractivity contribution in [1.29, 1.82) is 0 Å². The van der Waals surface area contributed by atoms with Gasteiger partial charge < -0.3 is 14.6 Å². The first-order valence-corrected chi connectivity index (χ1v) is 5.96. The monoisotopic (exact) mass is 238 g/mol. The molecule has 2 atom stereocenters. The second-order valence-corrected chi connectivity index (χ2v) is 4.18. The molecule has 0 radical (unpaired) electrons. The highest BCUT2D eigenvalue weighted by Gasteiger charge is 2.20. The maximum Gasteiger partial charge on any atom is 0.238 e. The van der Waals surface area contributed by atoms with Crippen molar-refractivity contribution in [3.63, 3.8) is 0 Å². The van der Waals surface area contributed by atoms with Crippen molar-refractivity contribution in [2.45, 2.75) is 37.9 Å². The van der Waals surface area contributed by atoms with E-state index in [2.05, 4.69) is 9.97 Å². The first-order chi connectivity index (χ1) is 8.31. The van der Waals surface area contributed by atoms with Crippen LogP contribution in [0.4, 0.5) is 0 Å². The number of hydrogen-bond donors (Lipinski definition) is 1. The van der Waals surface area contributed by atoms with Gasteiger partial charge in [-0.05, 0) is 25.7 Å². The van der Waals surface area contributed by atoms with Gasteiger partial charge >= 0.3 is 0 Å². The third kappa shape index (κ3) is 3.14. The van der Waals surface area contributed by atoms with Gasteiger partial charge in [0.1, 0.15) is 11.8 Å². The third-order valence-electron chi connectivity index (χ3n) is 2.99. The second kappa shape index (κ2) is 5.93. The van der Waals surface area contributed by atoms with E-state index in [1.165, 1.54) is 7.11 Å². The molecular weight excluding hydrogens is 220 g/mol. The summed E-state index contributed by atoms with van der Waals surface area (Å²) < 4.78 is 10.6. The molecular formula is C12H18N2O3. The zero-order valence-corrected chi connectivity index (χ0v) is 10.0. The summed E-state index contributed by atoms with van der Waals surface area (Å²) in [6.45, 7) is 0.842. The van der Waals surface area contributed by atoms with Crippen molar-refractivity contribution in [3.05, 3.63) is 18.1 Å². The van der Waals surface area contributed by atoms with E-state index in [-0.39, 0.29) is 6.10 Å². The summed E-state index contributed by atoms with van der Waals surface area (Å²) in [5.41, 5.74) is 0.507. The zero-order chi connectivity index (χ0) is 12.1. The maximum absolute atomic E-state index is 10.1.